The lowest BCUT2D eigenvalue weighted by molar-refractivity contribution is 0.103. The number of ketones is 1. The number of benzene rings is 2. The van der Waals surface area contributed by atoms with Crippen molar-refractivity contribution < 1.29 is 4.79 Å². The first-order valence-electron chi connectivity index (χ1n) is 6.32. The smallest absolute Gasteiger partial charge is 0.193 e. The predicted octanol–water partition coefficient (Wildman–Crippen LogP) is 4.10. The standard InChI is InChI=1S/C17H18O/c1-4-14-5-7-15(8-6-14)17(18)16-10-12(2)9-13(3)11-16/h5-11H,4H2,1-3H3. The molecular weight excluding hydrogens is 220 g/mol. The number of hydrogen-bond donors (Lipinski definition) is 0. The van der Waals surface area contributed by atoms with E-state index in [0.29, 0.717) is 0 Å². The molecule has 0 fully saturated rings. The second-order valence-electron chi connectivity index (χ2n) is 4.76. The molecule has 2 aromatic rings. The number of carbonyl (C=O) groups excluding carboxylic acids is 1. The Morgan fingerprint density at radius 2 is 1.44 bits per heavy atom. The van der Waals surface area contributed by atoms with Gasteiger partial charge in [0.1, 0.15) is 0 Å². The SMILES string of the molecule is CCc1ccc(C(=O)c2cc(C)cc(C)c2)cc1. The fourth-order valence-corrected chi connectivity index (χ4v) is 2.16. The first-order chi connectivity index (χ1) is 8.60. The van der Waals surface area contributed by atoms with Crippen molar-refractivity contribution in [2.75, 3.05) is 0 Å². The van der Waals surface area contributed by atoms with Crippen LogP contribution in [0.3, 0.4) is 0 Å². The topological polar surface area (TPSA) is 17.1 Å². The van der Waals surface area contributed by atoms with E-state index in [1.807, 2.05) is 50.2 Å². The lowest BCUT2D eigenvalue weighted by Crippen LogP contribution is -2.02. The molecule has 0 unspecified atom stereocenters. The van der Waals surface area contributed by atoms with Gasteiger partial charge in [-0.2, -0.15) is 0 Å². The molecule has 1 heteroatoms. The average molecular weight is 238 g/mol. The molecule has 0 bridgehead atoms. The normalized spacial score (nSPS) is 10.4. The number of aryl methyl sites for hydroxylation is 3. The third kappa shape index (κ3) is 2.67. The van der Waals surface area contributed by atoms with Crippen LogP contribution < -0.4 is 0 Å². The quantitative estimate of drug-likeness (QED) is 0.736. The van der Waals surface area contributed by atoms with E-state index in [4.69, 9.17) is 0 Å². The zero-order valence-electron chi connectivity index (χ0n) is 11.2. The first-order valence-corrected chi connectivity index (χ1v) is 6.32. The molecule has 0 N–H and O–H groups in total. The summed E-state index contributed by atoms with van der Waals surface area (Å²) < 4.78 is 0. The summed E-state index contributed by atoms with van der Waals surface area (Å²) in [4.78, 5) is 12.4. The Bertz CT molecular complexity index is 544. The van der Waals surface area contributed by atoms with Crippen molar-refractivity contribution in [2.45, 2.75) is 27.2 Å². The van der Waals surface area contributed by atoms with E-state index < -0.39 is 0 Å². The molecule has 0 spiro atoms. The van der Waals surface area contributed by atoms with Crippen LogP contribution >= 0.6 is 0 Å². The van der Waals surface area contributed by atoms with Crippen molar-refractivity contribution in [1.29, 1.82) is 0 Å². The van der Waals surface area contributed by atoms with Crippen molar-refractivity contribution in [3.8, 4) is 0 Å². The zero-order chi connectivity index (χ0) is 13.1. The maximum absolute atomic E-state index is 12.4. The highest BCUT2D eigenvalue weighted by molar-refractivity contribution is 6.09. The van der Waals surface area contributed by atoms with Gasteiger partial charge in [0.05, 0.1) is 0 Å². The van der Waals surface area contributed by atoms with E-state index in [0.717, 1.165) is 28.7 Å². The van der Waals surface area contributed by atoms with Crippen LogP contribution in [0.5, 0.6) is 0 Å². The first kappa shape index (κ1) is 12.6. The zero-order valence-corrected chi connectivity index (χ0v) is 11.2. The van der Waals surface area contributed by atoms with E-state index in [1.54, 1.807) is 0 Å². The Kier molecular flexibility index (Phi) is 3.61. The number of carbonyl (C=O) groups is 1. The molecule has 1 nitrogen and oxygen atoms in total. The molecule has 0 atom stereocenters. The summed E-state index contributed by atoms with van der Waals surface area (Å²) in [5, 5.41) is 0. The molecule has 0 aliphatic carbocycles. The fourth-order valence-electron chi connectivity index (χ4n) is 2.16. The van der Waals surface area contributed by atoms with Crippen molar-refractivity contribution >= 4 is 5.78 Å². The maximum Gasteiger partial charge on any atom is 0.193 e. The second kappa shape index (κ2) is 5.18. The van der Waals surface area contributed by atoms with Crippen molar-refractivity contribution in [3.63, 3.8) is 0 Å². The minimum Gasteiger partial charge on any atom is -0.289 e. The van der Waals surface area contributed by atoms with E-state index in [1.165, 1.54) is 5.56 Å². The molecule has 0 amide bonds. The molecular formula is C17H18O. The van der Waals surface area contributed by atoms with Crippen molar-refractivity contribution in [2.24, 2.45) is 0 Å². The van der Waals surface area contributed by atoms with Gasteiger partial charge in [0.25, 0.3) is 0 Å². The van der Waals surface area contributed by atoms with Gasteiger partial charge in [0, 0.05) is 11.1 Å². The van der Waals surface area contributed by atoms with Crippen molar-refractivity contribution in [1.82, 2.24) is 0 Å². The summed E-state index contributed by atoms with van der Waals surface area (Å²) in [6, 6.07) is 13.9. The Balaban J connectivity index is 2.34. The van der Waals surface area contributed by atoms with Crippen molar-refractivity contribution in [3.05, 3.63) is 70.3 Å². The van der Waals surface area contributed by atoms with Gasteiger partial charge in [-0.05, 0) is 38.0 Å². The Morgan fingerprint density at radius 1 is 0.889 bits per heavy atom. The van der Waals surface area contributed by atoms with Crippen LogP contribution in [-0.4, -0.2) is 5.78 Å². The largest absolute Gasteiger partial charge is 0.289 e. The molecule has 2 aromatic carbocycles. The fraction of sp³-hybridized carbons (Fsp3) is 0.235. The third-order valence-corrected chi connectivity index (χ3v) is 3.11. The molecule has 18 heavy (non-hydrogen) atoms. The van der Waals surface area contributed by atoms with Crippen LogP contribution in [0.25, 0.3) is 0 Å². The highest BCUT2D eigenvalue weighted by Crippen LogP contribution is 2.15. The molecule has 0 saturated carbocycles. The second-order valence-corrected chi connectivity index (χ2v) is 4.76. The van der Waals surface area contributed by atoms with Crippen LogP contribution in [0, 0.1) is 13.8 Å². The average Bonchev–Trinajstić information content (AvgIpc) is 2.37. The van der Waals surface area contributed by atoms with Crippen LogP contribution in [0.2, 0.25) is 0 Å². The summed E-state index contributed by atoms with van der Waals surface area (Å²) in [5.41, 5.74) is 5.05. The molecule has 0 aliphatic rings. The van der Waals surface area contributed by atoms with E-state index in [9.17, 15) is 4.79 Å². The molecule has 0 aromatic heterocycles. The molecule has 0 heterocycles. The lowest BCUT2D eigenvalue weighted by Gasteiger charge is -2.05. The van der Waals surface area contributed by atoms with Gasteiger partial charge in [-0.1, -0.05) is 48.4 Å². The molecule has 92 valence electrons. The van der Waals surface area contributed by atoms with Gasteiger partial charge in [-0.15, -0.1) is 0 Å². The van der Waals surface area contributed by atoms with Gasteiger partial charge < -0.3 is 0 Å². The molecule has 2 rings (SSSR count). The van der Waals surface area contributed by atoms with Gasteiger partial charge in [0.2, 0.25) is 0 Å². The van der Waals surface area contributed by atoms with Gasteiger partial charge in [-0.3, -0.25) is 4.79 Å². The summed E-state index contributed by atoms with van der Waals surface area (Å²) in [5.74, 6) is 0.101. The maximum atomic E-state index is 12.4. The van der Waals surface area contributed by atoms with Crippen LogP contribution in [-0.2, 0) is 6.42 Å². The van der Waals surface area contributed by atoms with Gasteiger partial charge >= 0.3 is 0 Å². The number of hydrogen-bond acceptors (Lipinski definition) is 1. The summed E-state index contributed by atoms with van der Waals surface area (Å²) in [6.07, 6.45) is 0.998. The van der Waals surface area contributed by atoms with Crippen LogP contribution in [0.15, 0.2) is 42.5 Å². The van der Waals surface area contributed by atoms with Gasteiger partial charge in [-0.25, -0.2) is 0 Å². The van der Waals surface area contributed by atoms with Crippen LogP contribution in [0.1, 0.15) is 39.5 Å². The molecule has 0 aliphatic heterocycles. The highest BCUT2D eigenvalue weighted by Gasteiger charge is 2.09. The van der Waals surface area contributed by atoms with Crippen LogP contribution in [0.4, 0.5) is 0 Å². The van der Waals surface area contributed by atoms with Gasteiger partial charge in [0.15, 0.2) is 5.78 Å². The minimum atomic E-state index is 0.101. The van der Waals surface area contributed by atoms with E-state index in [-0.39, 0.29) is 5.78 Å². The van der Waals surface area contributed by atoms with E-state index >= 15 is 0 Å². The summed E-state index contributed by atoms with van der Waals surface area (Å²) >= 11 is 0. The Labute approximate surface area is 108 Å². The third-order valence-electron chi connectivity index (χ3n) is 3.11. The summed E-state index contributed by atoms with van der Waals surface area (Å²) in [7, 11) is 0. The van der Waals surface area contributed by atoms with E-state index in [2.05, 4.69) is 13.0 Å². The number of rotatable bonds is 3. The molecule has 0 saturated heterocycles. The highest BCUT2D eigenvalue weighted by atomic mass is 16.1. The lowest BCUT2D eigenvalue weighted by atomic mass is 9.98. The minimum absolute atomic E-state index is 0.101. The molecule has 0 radical (unpaired) electrons. The summed E-state index contributed by atoms with van der Waals surface area (Å²) in [6.45, 7) is 6.15. The monoisotopic (exact) mass is 238 g/mol. The Morgan fingerprint density at radius 3 is 1.94 bits per heavy atom. The predicted molar refractivity (Wildman–Crippen MR) is 75.2 cm³/mol. The Hall–Kier alpha value is -1.89.